The fraction of sp³-hybridized carbons (Fsp3) is 0.320. The zero-order chi connectivity index (χ0) is 22.8. The topological polar surface area (TPSA) is 93.7 Å². The van der Waals surface area contributed by atoms with Gasteiger partial charge in [0, 0.05) is 12.5 Å². The molecule has 3 rings (SSSR count). The van der Waals surface area contributed by atoms with Gasteiger partial charge in [-0.25, -0.2) is 9.59 Å². The van der Waals surface area contributed by atoms with Gasteiger partial charge in [-0.15, -0.1) is 0 Å². The Kier molecular flexibility index (Phi) is 8.02. The van der Waals surface area contributed by atoms with Crippen molar-refractivity contribution in [2.45, 2.75) is 44.4 Å². The number of esters is 1. The predicted octanol–water partition coefficient (Wildman–Crippen LogP) is 3.29. The summed E-state index contributed by atoms with van der Waals surface area (Å²) in [6.45, 7) is 2.13. The third kappa shape index (κ3) is 7.27. The van der Waals surface area contributed by atoms with Crippen LogP contribution >= 0.6 is 0 Å². The van der Waals surface area contributed by atoms with E-state index in [1.54, 1.807) is 13.0 Å². The van der Waals surface area contributed by atoms with Crippen molar-refractivity contribution < 1.29 is 23.9 Å². The van der Waals surface area contributed by atoms with Crippen LogP contribution in [0.1, 0.15) is 30.9 Å². The van der Waals surface area contributed by atoms with E-state index in [9.17, 15) is 14.4 Å². The Morgan fingerprint density at radius 1 is 0.969 bits per heavy atom. The van der Waals surface area contributed by atoms with Gasteiger partial charge in [-0.05, 0) is 30.9 Å². The van der Waals surface area contributed by atoms with Gasteiger partial charge in [0.2, 0.25) is 5.91 Å². The van der Waals surface area contributed by atoms with E-state index < -0.39 is 23.6 Å². The first kappa shape index (κ1) is 23.1. The smallest absolute Gasteiger partial charge is 0.408 e. The minimum atomic E-state index is -0.825. The Morgan fingerprint density at radius 2 is 1.59 bits per heavy atom. The number of hydrogen-bond donors (Lipinski definition) is 2. The summed E-state index contributed by atoms with van der Waals surface area (Å²) in [4.78, 5) is 37.1. The van der Waals surface area contributed by atoms with Crippen molar-refractivity contribution in [1.29, 1.82) is 0 Å². The summed E-state index contributed by atoms with van der Waals surface area (Å²) < 4.78 is 10.2. The van der Waals surface area contributed by atoms with Crippen molar-refractivity contribution in [3.05, 3.63) is 83.9 Å². The Hall–Kier alpha value is -3.61. The van der Waals surface area contributed by atoms with Gasteiger partial charge in [-0.3, -0.25) is 4.79 Å². The first-order valence-corrected chi connectivity index (χ1v) is 10.7. The second kappa shape index (κ2) is 11.1. The van der Waals surface area contributed by atoms with E-state index in [0.717, 1.165) is 11.1 Å². The SMILES string of the molecule is CCOC(=O)C=CC1(NC(=O)C(Cc2ccccc2)NC(=O)OCc2ccccc2)CC1. The van der Waals surface area contributed by atoms with Gasteiger partial charge < -0.3 is 20.1 Å². The lowest BCUT2D eigenvalue weighted by molar-refractivity contribution is -0.137. The van der Waals surface area contributed by atoms with Crippen molar-refractivity contribution in [2.75, 3.05) is 6.61 Å². The maximum Gasteiger partial charge on any atom is 0.408 e. The number of nitrogens with one attached hydrogen (secondary N) is 2. The zero-order valence-corrected chi connectivity index (χ0v) is 18.1. The number of carbonyl (C=O) groups excluding carboxylic acids is 3. The molecule has 7 nitrogen and oxygen atoms in total. The number of ether oxygens (including phenoxy) is 2. The van der Waals surface area contributed by atoms with Crippen LogP contribution in [0.5, 0.6) is 0 Å². The van der Waals surface area contributed by atoms with Crippen molar-refractivity contribution in [2.24, 2.45) is 0 Å². The summed E-state index contributed by atoms with van der Waals surface area (Å²) in [6.07, 6.45) is 4.07. The first-order chi connectivity index (χ1) is 15.5. The molecule has 0 heterocycles. The van der Waals surface area contributed by atoms with Crippen LogP contribution in [0.15, 0.2) is 72.8 Å². The second-order valence-corrected chi connectivity index (χ2v) is 7.68. The summed E-state index contributed by atoms with van der Waals surface area (Å²) in [6, 6.07) is 17.9. The lowest BCUT2D eigenvalue weighted by Gasteiger charge is -2.21. The van der Waals surface area contributed by atoms with E-state index in [4.69, 9.17) is 9.47 Å². The quantitative estimate of drug-likeness (QED) is 0.440. The van der Waals surface area contributed by atoms with Gasteiger partial charge in [0.05, 0.1) is 12.1 Å². The molecule has 2 N–H and O–H groups in total. The highest BCUT2D eigenvalue weighted by molar-refractivity contribution is 5.87. The standard InChI is InChI=1S/C25H28N2O5/c1-2-31-22(28)13-14-25(15-16-25)27-23(29)21(17-19-9-5-3-6-10-19)26-24(30)32-18-20-11-7-4-8-12-20/h3-14,21H,2,15-18H2,1H3,(H,26,30)(H,27,29). The molecule has 2 aromatic carbocycles. The third-order valence-electron chi connectivity index (χ3n) is 5.09. The minimum Gasteiger partial charge on any atom is -0.463 e. The van der Waals surface area contributed by atoms with E-state index in [-0.39, 0.29) is 19.1 Å². The molecule has 0 radical (unpaired) electrons. The predicted molar refractivity (Wildman–Crippen MR) is 120 cm³/mol. The average Bonchev–Trinajstić information content (AvgIpc) is 3.57. The summed E-state index contributed by atoms with van der Waals surface area (Å²) in [5.74, 6) is -0.784. The average molecular weight is 437 g/mol. The van der Waals surface area contributed by atoms with E-state index in [1.165, 1.54) is 6.08 Å². The van der Waals surface area contributed by atoms with E-state index in [1.807, 2.05) is 60.7 Å². The molecule has 1 atom stereocenters. The van der Waals surface area contributed by atoms with Crippen LogP contribution in [0.3, 0.4) is 0 Å². The number of alkyl carbamates (subject to hydrolysis) is 1. The van der Waals surface area contributed by atoms with Crippen LogP contribution in [0.25, 0.3) is 0 Å². The first-order valence-electron chi connectivity index (χ1n) is 10.7. The van der Waals surface area contributed by atoms with Crippen molar-refractivity contribution >= 4 is 18.0 Å². The molecule has 2 aromatic rings. The largest absolute Gasteiger partial charge is 0.463 e. The van der Waals surface area contributed by atoms with Crippen molar-refractivity contribution in [3.63, 3.8) is 0 Å². The molecule has 32 heavy (non-hydrogen) atoms. The molecule has 0 saturated heterocycles. The van der Waals surface area contributed by atoms with Gasteiger partial charge in [0.25, 0.3) is 0 Å². The Bertz CT molecular complexity index is 939. The molecule has 0 aliphatic heterocycles. The lowest BCUT2D eigenvalue weighted by Crippen LogP contribution is -2.51. The van der Waals surface area contributed by atoms with Crippen molar-refractivity contribution in [1.82, 2.24) is 10.6 Å². The normalized spacial score (nSPS) is 14.9. The summed E-state index contributed by atoms with van der Waals surface area (Å²) in [5.41, 5.74) is 1.17. The zero-order valence-electron chi connectivity index (χ0n) is 18.1. The molecule has 1 aliphatic rings. The van der Waals surface area contributed by atoms with Gasteiger partial charge in [-0.1, -0.05) is 66.7 Å². The number of amides is 2. The fourth-order valence-electron chi connectivity index (χ4n) is 3.18. The third-order valence-corrected chi connectivity index (χ3v) is 5.09. The van der Waals surface area contributed by atoms with E-state index in [2.05, 4.69) is 10.6 Å². The molecule has 0 spiro atoms. The molecular formula is C25H28N2O5. The van der Waals surface area contributed by atoms with Crippen LogP contribution in [-0.2, 0) is 32.1 Å². The number of rotatable bonds is 10. The number of benzene rings is 2. The van der Waals surface area contributed by atoms with Gasteiger partial charge in [0.15, 0.2) is 0 Å². The Balaban J connectivity index is 1.63. The molecule has 0 bridgehead atoms. The van der Waals surface area contributed by atoms with Crippen LogP contribution in [0.4, 0.5) is 4.79 Å². The van der Waals surface area contributed by atoms with Gasteiger partial charge >= 0.3 is 12.1 Å². The van der Waals surface area contributed by atoms with Gasteiger partial charge in [0.1, 0.15) is 12.6 Å². The second-order valence-electron chi connectivity index (χ2n) is 7.68. The van der Waals surface area contributed by atoms with Crippen LogP contribution in [0, 0.1) is 0 Å². The summed E-state index contributed by atoms with van der Waals surface area (Å²) in [7, 11) is 0. The van der Waals surface area contributed by atoms with E-state index >= 15 is 0 Å². The highest BCUT2D eigenvalue weighted by atomic mass is 16.5. The van der Waals surface area contributed by atoms with E-state index in [0.29, 0.717) is 19.3 Å². The molecular weight excluding hydrogens is 408 g/mol. The van der Waals surface area contributed by atoms with Crippen LogP contribution in [-0.4, -0.2) is 36.2 Å². The molecule has 1 aliphatic carbocycles. The number of carbonyl (C=O) groups is 3. The number of hydrogen-bond acceptors (Lipinski definition) is 5. The molecule has 168 valence electrons. The molecule has 2 amide bonds. The monoisotopic (exact) mass is 436 g/mol. The van der Waals surface area contributed by atoms with Crippen LogP contribution in [0.2, 0.25) is 0 Å². The van der Waals surface area contributed by atoms with Crippen molar-refractivity contribution in [3.8, 4) is 0 Å². The van der Waals surface area contributed by atoms with Crippen LogP contribution < -0.4 is 10.6 Å². The minimum absolute atomic E-state index is 0.110. The highest BCUT2D eigenvalue weighted by Gasteiger charge is 2.43. The summed E-state index contributed by atoms with van der Waals surface area (Å²) >= 11 is 0. The van der Waals surface area contributed by atoms with Gasteiger partial charge in [-0.2, -0.15) is 0 Å². The molecule has 0 aromatic heterocycles. The Labute approximate surface area is 187 Å². The molecule has 1 unspecified atom stereocenters. The maximum absolute atomic E-state index is 13.1. The molecule has 7 heteroatoms. The highest BCUT2D eigenvalue weighted by Crippen LogP contribution is 2.37. The summed E-state index contributed by atoms with van der Waals surface area (Å²) in [5, 5.41) is 5.64. The Morgan fingerprint density at radius 3 is 2.19 bits per heavy atom. The maximum atomic E-state index is 13.1. The lowest BCUT2D eigenvalue weighted by atomic mass is 10.0. The fourth-order valence-corrected chi connectivity index (χ4v) is 3.18. The molecule has 1 saturated carbocycles. The molecule has 1 fully saturated rings.